The fraction of sp³-hybridized carbons (Fsp3) is 0.300. The maximum Gasteiger partial charge on any atom is 0.345 e. The van der Waals surface area contributed by atoms with Crippen molar-refractivity contribution in [3.63, 3.8) is 0 Å². The molecule has 0 fully saturated rings. The van der Waals surface area contributed by atoms with Crippen LogP contribution in [0.4, 0.5) is 14.5 Å². The first-order valence-corrected chi connectivity index (χ1v) is 9.79. The van der Waals surface area contributed by atoms with E-state index >= 15 is 0 Å². The number of thioether (sulfide) groups is 1. The van der Waals surface area contributed by atoms with Crippen molar-refractivity contribution in [2.75, 3.05) is 11.9 Å². The monoisotopic (exact) mass is 431 g/mol. The average Bonchev–Trinajstić information content (AvgIpc) is 2.72. The number of hydrogen-bond acceptors (Lipinski definition) is 7. The van der Waals surface area contributed by atoms with Gasteiger partial charge in [0.25, 0.3) is 5.91 Å². The Balaban J connectivity index is 1.77. The number of nitrogens with two attached hydrogens (primary N) is 1. The van der Waals surface area contributed by atoms with Gasteiger partial charge in [0.1, 0.15) is 11.2 Å². The molecular formula is C20H19F2N5O2S. The molecule has 7 nitrogen and oxygen atoms in total. The van der Waals surface area contributed by atoms with Gasteiger partial charge in [0, 0.05) is 28.9 Å². The van der Waals surface area contributed by atoms with Crippen LogP contribution in [-0.2, 0) is 10.3 Å². The molecule has 3 rings (SSSR count). The minimum absolute atomic E-state index is 0.163. The molecule has 10 heteroatoms. The van der Waals surface area contributed by atoms with Crippen LogP contribution in [0, 0.1) is 12.3 Å². The molecular weight excluding hydrogens is 412 g/mol. The Morgan fingerprint density at radius 1 is 1.47 bits per heavy atom. The molecule has 2 aromatic heterocycles. The lowest BCUT2D eigenvalue weighted by molar-refractivity contribution is -0.128. The Kier molecular flexibility index (Phi) is 6.64. The van der Waals surface area contributed by atoms with Crippen LogP contribution < -0.4 is 11.1 Å². The molecule has 0 saturated carbocycles. The van der Waals surface area contributed by atoms with Gasteiger partial charge in [-0.05, 0) is 37.6 Å². The highest BCUT2D eigenvalue weighted by molar-refractivity contribution is 8.14. The van der Waals surface area contributed by atoms with Crippen LogP contribution in [0.3, 0.4) is 0 Å². The summed E-state index contributed by atoms with van der Waals surface area (Å²) in [4.78, 5) is 25.3. The number of aromatic nitrogens is 2. The van der Waals surface area contributed by atoms with E-state index in [1.807, 2.05) is 6.92 Å². The minimum atomic E-state index is -2.85. The second kappa shape index (κ2) is 9.19. The van der Waals surface area contributed by atoms with Crippen LogP contribution in [0.5, 0.6) is 0 Å². The van der Waals surface area contributed by atoms with E-state index in [1.54, 1.807) is 18.2 Å². The Hall–Kier alpha value is -3.03. The summed E-state index contributed by atoms with van der Waals surface area (Å²) in [6, 6.07) is 6.46. The SMILES string of the molecule is C#Cc1ccc(C(=O)Nc2ccnc([C@]3(C)C[C@@H](COC(F)F)SC(N)=N3)c2)nc1. The lowest BCUT2D eigenvalue weighted by atomic mass is 9.91. The van der Waals surface area contributed by atoms with Crippen molar-refractivity contribution in [3.05, 3.63) is 53.6 Å². The van der Waals surface area contributed by atoms with Gasteiger partial charge in [-0.1, -0.05) is 17.7 Å². The van der Waals surface area contributed by atoms with Crippen LogP contribution in [0.15, 0.2) is 41.7 Å². The van der Waals surface area contributed by atoms with E-state index in [4.69, 9.17) is 12.2 Å². The molecule has 2 aromatic rings. The summed E-state index contributed by atoms with van der Waals surface area (Å²) in [6.07, 6.45) is 8.65. The highest BCUT2D eigenvalue weighted by Gasteiger charge is 2.36. The number of halogens is 2. The van der Waals surface area contributed by atoms with Crippen molar-refractivity contribution in [2.45, 2.75) is 30.7 Å². The summed E-state index contributed by atoms with van der Waals surface area (Å²) in [6.45, 7) is -1.20. The first-order chi connectivity index (χ1) is 14.3. The second-order valence-electron chi connectivity index (χ2n) is 6.72. The molecule has 0 bridgehead atoms. The second-order valence-corrected chi connectivity index (χ2v) is 8.04. The van der Waals surface area contributed by atoms with Crippen LogP contribution in [0.1, 0.15) is 35.1 Å². The Bertz CT molecular complexity index is 993. The number of pyridine rings is 2. The predicted molar refractivity (Wildman–Crippen MR) is 111 cm³/mol. The third kappa shape index (κ3) is 5.31. The number of amidine groups is 1. The Morgan fingerprint density at radius 2 is 2.27 bits per heavy atom. The summed E-state index contributed by atoms with van der Waals surface area (Å²) in [7, 11) is 0. The van der Waals surface area contributed by atoms with Gasteiger partial charge in [-0.3, -0.25) is 9.78 Å². The molecule has 0 unspecified atom stereocenters. The maximum absolute atomic E-state index is 12.5. The van der Waals surface area contributed by atoms with E-state index in [9.17, 15) is 13.6 Å². The predicted octanol–water partition coefficient (Wildman–Crippen LogP) is 2.98. The third-order valence-electron chi connectivity index (χ3n) is 4.41. The van der Waals surface area contributed by atoms with Gasteiger partial charge in [0.2, 0.25) is 0 Å². The van der Waals surface area contributed by atoms with Gasteiger partial charge >= 0.3 is 6.61 Å². The number of carbonyl (C=O) groups excluding carboxylic acids is 1. The van der Waals surface area contributed by atoms with E-state index in [1.165, 1.54) is 30.2 Å². The van der Waals surface area contributed by atoms with Crippen molar-refractivity contribution in [2.24, 2.45) is 10.7 Å². The fourth-order valence-corrected chi connectivity index (χ4v) is 4.17. The number of aliphatic imine (C=N–C) groups is 1. The number of hydrogen-bond donors (Lipinski definition) is 2. The quantitative estimate of drug-likeness (QED) is 0.682. The van der Waals surface area contributed by atoms with Gasteiger partial charge in [-0.15, -0.1) is 6.42 Å². The standard InChI is InChI=1S/C20H19F2N5O2S/c1-3-12-4-5-15(25-10-12)17(28)26-13-6-7-24-16(8-13)20(2)9-14(11-29-18(21)22)30-19(23)27-20/h1,4-8,10,14,18H,9,11H2,2H3,(H2,23,27)(H,24,26,28)/t14-,20-/m0/s1. The van der Waals surface area contributed by atoms with Crippen molar-refractivity contribution in [3.8, 4) is 12.3 Å². The molecule has 2 atom stereocenters. The van der Waals surface area contributed by atoms with E-state index in [-0.39, 0.29) is 22.7 Å². The largest absolute Gasteiger partial charge is 0.379 e. The Labute approximate surface area is 176 Å². The molecule has 3 N–H and O–H groups in total. The van der Waals surface area contributed by atoms with Crippen LogP contribution in [-0.4, -0.2) is 39.5 Å². The summed E-state index contributed by atoms with van der Waals surface area (Å²) < 4.78 is 29.2. The number of nitrogens with zero attached hydrogens (tertiary/aromatic N) is 3. The highest BCUT2D eigenvalue weighted by Crippen LogP contribution is 2.38. The topological polar surface area (TPSA) is 102 Å². The first kappa shape index (κ1) is 21.7. The fourth-order valence-electron chi connectivity index (χ4n) is 3.02. The van der Waals surface area contributed by atoms with E-state index in [0.717, 1.165) is 0 Å². The molecule has 3 heterocycles. The number of ether oxygens (including phenoxy) is 1. The summed E-state index contributed by atoms with van der Waals surface area (Å²) in [5, 5.41) is 2.71. The summed E-state index contributed by atoms with van der Waals surface area (Å²) in [5.74, 6) is 2.02. The molecule has 1 amide bonds. The van der Waals surface area contributed by atoms with Gasteiger partial charge in [0.05, 0.1) is 12.3 Å². The zero-order chi connectivity index (χ0) is 21.7. The number of nitrogens with one attached hydrogen (secondary N) is 1. The van der Waals surface area contributed by atoms with Crippen molar-refractivity contribution in [1.82, 2.24) is 9.97 Å². The van der Waals surface area contributed by atoms with E-state index in [2.05, 4.69) is 30.9 Å². The Morgan fingerprint density at radius 3 is 2.93 bits per heavy atom. The van der Waals surface area contributed by atoms with Crippen LogP contribution >= 0.6 is 11.8 Å². The lowest BCUT2D eigenvalue weighted by Crippen LogP contribution is -2.36. The third-order valence-corrected chi connectivity index (χ3v) is 5.38. The van der Waals surface area contributed by atoms with Crippen molar-refractivity contribution >= 4 is 28.5 Å². The number of rotatable bonds is 6. The highest BCUT2D eigenvalue weighted by atomic mass is 32.2. The van der Waals surface area contributed by atoms with Gasteiger partial charge < -0.3 is 15.8 Å². The number of terminal acetylenes is 1. The minimum Gasteiger partial charge on any atom is -0.379 e. The molecule has 30 heavy (non-hydrogen) atoms. The smallest absolute Gasteiger partial charge is 0.345 e. The molecule has 0 aliphatic carbocycles. The maximum atomic E-state index is 12.5. The summed E-state index contributed by atoms with van der Waals surface area (Å²) in [5.41, 5.74) is 6.87. The van der Waals surface area contributed by atoms with Gasteiger partial charge in [-0.25, -0.2) is 9.98 Å². The molecule has 0 spiro atoms. The molecule has 1 aliphatic heterocycles. The molecule has 0 radical (unpaired) electrons. The first-order valence-electron chi connectivity index (χ1n) is 8.91. The molecule has 0 saturated heterocycles. The zero-order valence-corrected chi connectivity index (χ0v) is 16.8. The number of alkyl halides is 2. The van der Waals surface area contributed by atoms with Crippen LogP contribution in [0.25, 0.3) is 0 Å². The number of carbonyl (C=O) groups is 1. The average molecular weight is 431 g/mol. The van der Waals surface area contributed by atoms with Gasteiger partial charge in [-0.2, -0.15) is 8.78 Å². The summed E-state index contributed by atoms with van der Waals surface area (Å²) >= 11 is 1.19. The lowest BCUT2D eigenvalue weighted by Gasteiger charge is -2.33. The number of amides is 1. The van der Waals surface area contributed by atoms with E-state index in [0.29, 0.717) is 23.4 Å². The molecule has 156 valence electrons. The number of anilines is 1. The van der Waals surface area contributed by atoms with E-state index < -0.39 is 18.1 Å². The normalized spacial score (nSPS) is 21.0. The zero-order valence-electron chi connectivity index (χ0n) is 16.0. The van der Waals surface area contributed by atoms with Crippen molar-refractivity contribution in [1.29, 1.82) is 0 Å². The van der Waals surface area contributed by atoms with Crippen LogP contribution in [0.2, 0.25) is 0 Å². The van der Waals surface area contributed by atoms with Gasteiger partial charge in [0.15, 0.2) is 5.17 Å². The molecule has 0 aromatic carbocycles. The molecule has 1 aliphatic rings. The van der Waals surface area contributed by atoms with Crippen molar-refractivity contribution < 1.29 is 18.3 Å².